The zero-order valence-corrected chi connectivity index (χ0v) is 10.2. The van der Waals surface area contributed by atoms with Gasteiger partial charge in [0.2, 0.25) is 5.22 Å². The number of methoxy groups -OCH3 is 1. The number of hydrogen-bond donors (Lipinski definition) is 0. The maximum absolute atomic E-state index is 5.74. The third-order valence-corrected chi connectivity index (χ3v) is 3.18. The van der Waals surface area contributed by atoms with Crippen molar-refractivity contribution in [2.75, 3.05) is 7.11 Å². The maximum Gasteiger partial charge on any atom is 0.240 e. The summed E-state index contributed by atoms with van der Waals surface area (Å²) in [6, 6.07) is 7.48. The molecule has 2 rings (SSSR count). The average molecular weight is 289 g/mol. The van der Waals surface area contributed by atoms with Crippen molar-refractivity contribution in [3.63, 3.8) is 0 Å². The average Bonchev–Trinajstić information content (AvgIpc) is 2.60. The minimum absolute atomic E-state index is 0.251. The van der Waals surface area contributed by atoms with E-state index < -0.39 is 0 Å². The predicted octanol–water partition coefficient (Wildman–Crippen LogP) is 3.77. The van der Waals surface area contributed by atoms with Crippen molar-refractivity contribution in [1.29, 1.82) is 0 Å². The summed E-state index contributed by atoms with van der Waals surface area (Å²) in [5.41, 5.74) is 1.60. The molecule has 1 aromatic carbocycles. The van der Waals surface area contributed by atoms with E-state index in [1.54, 1.807) is 7.11 Å². The molecule has 0 aliphatic rings. The van der Waals surface area contributed by atoms with Crippen molar-refractivity contribution in [3.05, 3.63) is 34.0 Å². The molecule has 15 heavy (non-hydrogen) atoms. The van der Waals surface area contributed by atoms with Crippen LogP contribution in [0.2, 0.25) is 5.22 Å². The van der Waals surface area contributed by atoms with Gasteiger partial charge in [0.1, 0.15) is 15.9 Å². The van der Waals surface area contributed by atoms with Crippen LogP contribution in [0.4, 0.5) is 0 Å². The Labute approximate surface area is 100 Å². The van der Waals surface area contributed by atoms with Gasteiger partial charge in [0.25, 0.3) is 0 Å². The van der Waals surface area contributed by atoms with E-state index in [1.807, 2.05) is 24.3 Å². The lowest BCUT2D eigenvalue weighted by molar-refractivity contribution is 0.414. The van der Waals surface area contributed by atoms with Gasteiger partial charge in [-0.2, -0.15) is 0 Å². The van der Waals surface area contributed by atoms with Crippen molar-refractivity contribution in [2.24, 2.45) is 0 Å². The molecule has 0 amide bonds. The van der Waals surface area contributed by atoms with Crippen LogP contribution in [0.25, 0.3) is 11.3 Å². The summed E-state index contributed by atoms with van der Waals surface area (Å²) < 4.78 is 10.6. The van der Waals surface area contributed by atoms with E-state index in [2.05, 4.69) is 21.1 Å². The van der Waals surface area contributed by atoms with Crippen LogP contribution in [0, 0.1) is 0 Å². The van der Waals surface area contributed by atoms with Crippen molar-refractivity contribution >= 4 is 27.5 Å². The summed E-state index contributed by atoms with van der Waals surface area (Å²) in [5, 5.41) is 4.10. The standard InChI is InChI=1S/C10H7BrClNO2/c1-14-7-4-2-6(3-5-7)9-8(11)10(12)15-13-9/h2-5H,1H3. The zero-order valence-electron chi connectivity index (χ0n) is 7.83. The molecule has 0 saturated heterocycles. The van der Waals surface area contributed by atoms with Crippen molar-refractivity contribution < 1.29 is 9.26 Å². The van der Waals surface area contributed by atoms with E-state index in [4.69, 9.17) is 20.9 Å². The molecule has 0 aliphatic carbocycles. The molecular weight excluding hydrogens is 281 g/mol. The predicted molar refractivity (Wildman–Crippen MR) is 61.2 cm³/mol. The minimum Gasteiger partial charge on any atom is -0.497 e. The van der Waals surface area contributed by atoms with Crippen LogP contribution in [0.15, 0.2) is 33.3 Å². The first-order valence-corrected chi connectivity index (χ1v) is 5.34. The molecule has 0 atom stereocenters. The molecule has 0 saturated carbocycles. The molecule has 0 spiro atoms. The minimum atomic E-state index is 0.251. The molecule has 0 radical (unpaired) electrons. The molecule has 0 fully saturated rings. The Balaban J connectivity index is 2.41. The number of hydrogen-bond acceptors (Lipinski definition) is 3. The van der Waals surface area contributed by atoms with Crippen LogP contribution in [0.1, 0.15) is 0 Å². The Morgan fingerprint density at radius 1 is 1.33 bits per heavy atom. The fourth-order valence-electron chi connectivity index (χ4n) is 1.19. The molecular formula is C10H7BrClNO2. The highest BCUT2D eigenvalue weighted by molar-refractivity contribution is 9.10. The van der Waals surface area contributed by atoms with Gasteiger partial charge in [0, 0.05) is 5.56 Å². The number of aromatic nitrogens is 1. The van der Waals surface area contributed by atoms with Crippen molar-refractivity contribution in [1.82, 2.24) is 5.16 Å². The summed E-state index contributed by atoms with van der Waals surface area (Å²) in [7, 11) is 1.62. The van der Waals surface area contributed by atoms with Crippen LogP contribution in [0.5, 0.6) is 5.75 Å². The number of rotatable bonds is 2. The van der Waals surface area contributed by atoms with Gasteiger partial charge in [-0.05, 0) is 51.8 Å². The molecule has 78 valence electrons. The third kappa shape index (κ3) is 2.01. The normalized spacial score (nSPS) is 10.3. The van der Waals surface area contributed by atoms with Gasteiger partial charge < -0.3 is 9.26 Å². The number of nitrogens with zero attached hydrogens (tertiary/aromatic N) is 1. The largest absolute Gasteiger partial charge is 0.497 e. The van der Waals surface area contributed by atoms with Crippen LogP contribution < -0.4 is 4.74 Å². The van der Waals surface area contributed by atoms with Crippen LogP contribution in [-0.2, 0) is 0 Å². The van der Waals surface area contributed by atoms with Crippen LogP contribution >= 0.6 is 27.5 Å². The van der Waals surface area contributed by atoms with Crippen LogP contribution in [-0.4, -0.2) is 12.3 Å². The fraction of sp³-hybridized carbons (Fsp3) is 0.100. The lowest BCUT2D eigenvalue weighted by Gasteiger charge is -2.00. The van der Waals surface area contributed by atoms with E-state index in [0.29, 0.717) is 10.2 Å². The lowest BCUT2D eigenvalue weighted by Crippen LogP contribution is -1.83. The Kier molecular flexibility index (Phi) is 2.98. The van der Waals surface area contributed by atoms with Gasteiger partial charge in [-0.25, -0.2) is 0 Å². The molecule has 0 unspecified atom stereocenters. The fourth-order valence-corrected chi connectivity index (χ4v) is 1.68. The van der Waals surface area contributed by atoms with Crippen LogP contribution in [0.3, 0.4) is 0 Å². The first-order valence-electron chi connectivity index (χ1n) is 4.17. The highest BCUT2D eigenvalue weighted by Crippen LogP contribution is 2.33. The Bertz CT molecular complexity index is 467. The number of halogens is 2. The summed E-state index contributed by atoms with van der Waals surface area (Å²) in [6.45, 7) is 0. The number of ether oxygens (including phenoxy) is 1. The highest BCUT2D eigenvalue weighted by Gasteiger charge is 2.13. The maximum atomic E-state index is 5.74. The molecule has 0 bridgehead atoms. The van der Waals surface area contributed by atoms with E-state index in [9.17, 15) is 0 Å². The highest BCUT2D eigenvalue weighted by atomic mass is 79.9. The van der Waals surface area contributed by atoms with E-state index in [1.165, 1.54) is 0 Å². The third-order valence-electron chi connectivity index (χ3n) is 1.96. The Morgan fingerprint density at radius 3 is 2.47 bits per heavy atom. The molecule has 0 N–H and O–H groups in total. The summed E-state index contributed by atoms with van der Waals surface area (Å²) in [5.74, 6) is 0.796. The lowest BCUT2D eigenvalue weighted by atomic mass is 10.1. The number of benzene rings is 1. The van der Waals surface area contributed by atoms with Gasteiger partial charge in [-0.15, -0.1) is 0 Å². The molecule has 0 aliphatic heterocycles. The van der Waals surface area contributed by atoms with E-state index in [-0.39, 0.29) is 5.22 Å². The molecule has 1 heterocycles. The van der Waals surface area contributed by atoms with Gasteiger partial charge in [0.05, 0.1) is 7.11 Å². The van der Waals surface area contributed by atoms with Crippen molar-refractivity contribution in [3.8, 4) is 17.0 Å². The van der Waals surface area contributed by atoms with E-state index in [0.717, 1.165) is 11.3 Å². The SMILES string of the molecule is COc1ccc(-c2noc(Cl)c2Br)cc1. The first-order chi connectivity index (χ1) is 7.22. The van der Waals surface area contributed by atoms with Gasteiger partial charge in [-0.3, -0.25) is 0 Å². The molecule has 1 aromatic heterocycles. The summed E-state index contributed by atoms with van der Waals surface area (Å²) >= 11 is 9.04. The summed E-state index contributed by atoms with van der Waals surface area (Å²) in [6.07, 6.45) is 0. The molecule has 3 nitrogen and oxygen atoms in total. The van der Waals surface area contributed by atoms with Gasteiger partial charge >= 0.3 is 0 Å². The quantitative estimate of drug-likeness (QED) is 0.844. The van der Waals surface area contributed by atoms with E-state index >= 15 is 0 Å². The smallest absolute Gasteiger partial charge is 0.240 e. The topological polar surface area (TPSA) is 35.3 Å². The Hall–Kier alpha value is -1.000. The first kappa shape index (κ1) is 10.5. The molecule has 5 heteroatoms. The van der Waals surface area contributed by atoms with Gasteiger partial charge in [0.15, 0.2) is 0 Å². The Morgan fingerprint density at radius 2 is 2.00 bits per heavy atom. The van der Waals surface area contributed by atoms with Crippen molar-refractivity contribution in [2.45, 2.75) is 0 Å². The second-order valence-corrected chi connectivity index (χ2v) is 3.98. The second kappa shape index (κ2) is 4.24. The second-order valence-electron chi connectivity index (χ2n) is 2.85. The summed E-state index contributed by atoms with van der Waals surface area (Å²) in [4.78, 5) is 0. The van der Waals surface area contributed by atoms with Gasteiger partial charge in [-0.1, -0.05) is 5.16 Å². The molecule has 2 aromatic rings. The zero-order chi connectivity index (χ0) is 10.8. The monoisotopic (exact) mass is 287 g/mol.